The Morgan fingerprint density at radius 3 is 2.70 bits per heavy atom. The number of hydrogen-bond acceptors (Lipinski definition) is 3. The number of amides is 1. The van der Waals surface area contributed by atoms with Gasteiger partial charge in [-0.3, -0.25) is 4.79 Å². The normalized spacial score (nSPS) is 15.8. The van der Waals surface area contributed by atoms with Crippen molar-refractivity contribution in [3.8, 4) is 0 Å². The molecule has 0 radical (unpaired) electrons. The number of piperidine rings is 1. The van der Waals surface area contributed by atoms with Gasteiger partial charge in [0.25, 0.3) is 0 Å². The Balaban J connectivity index is 2.03. The highest BCUT2D eigenvalue weighted by molar-refractivity contribution is 9.10. The van der Waals surface area contributed by atoms with Crippen molar-refractivity contribution >= 4 is 33.5 Å². The van der Waals surface area contributed by atoms with Crippen LogP contribution in [0.2, 0.25) is 0 Å². The minimum atomic E-state index is -1.05. The third-order valence-electron chi connectivity index (χ3n) is 3.42. The average molecular weight is 341 g/mol. The second kappa shape index (κ2) is 6.85. The van der Waals surface area contributed by atoms with Crippen molar-refractivity contribution in [3.63, 3.8) is 0 Å². The summed E-state index contributed by atoms with van der Waals surface area (Å²) < 4.78 is 0.736. The number of halogens is 1. The van der Waals surface area contributed by atoms with Crippen LogP contribution in [0.1, 0.15) is 29.6 Å². The average Bonchev–Trinajstić information content (AvgIpc) is 2.39. The van der Waals surface area contributed by atoms with Crippen molar-refractivity contribution in [2.75, 3.05) is 18.4 Å². The van der Waals surface area contributed by atoms with Gasteiger partial charge in [-0.15, -0.1) is 0 Å². The van der Waals surface area contributed by atoms with Gasteiger partial charge in [0.2, 0.25) is 5.91 Å². The van der Waals surface area contributed by atoms with Crippen LogP contribution in [0.4, 0.5) is 5.69 Å². The molecule has 3 N–H and O–H groups in total. The summed E-state index contributed by atoms with van der Waals surface area (Å²) in [6.07, 6.45) is 2.41. The molecule has 2 rings (SSSR count). The molecule has 1 fully saturated rings. The third-order valence-corrected chi connectivity index (χ3v) is 3.91. The Hall–Kier alpha value is -1.40. The molecule has 1 heterocycles. The first-order valence-corrected chi connectivity index (χ1v) is 7.39. The Labute approximate surface area is 125 Å². The fraction of sp³-hybridized carbons (Fsp3) is 0.429. The Morgan fingerprint density at radius 2 is 2.05 bits per heavy atom. The predicted molar refractivity (Wildman–Crippen MR) is 79.9 cm³/mol. The van der Waals surface area contributed by atoms with Gasteiger partial charge in [0.15, 0.2) is 0 Å². The van der Waals surface area contributed by atoms with Gasteiger partial charge in [-0.2, -0.15) is 0 Å². The standard InChI is InChI=1S/C14H17BrN2O3/c15-10-1-2-11(14(19)20)12(8-10)17-13(18)7-9-3-5-16-6-4-9/h1-2,8-9,16H,3-7H2,(H,17,18)(H,19,20). The molecule has 1 aliphatic heterocycles. The number of anilines is 1. The maximum Gasteiger partial charge on any atom is 0.337 e. The monoisotopic (exact) mass is 340 g/mol. The van der Waals surface area contributed by atoms with Crippen molar-refractivity contribution in [3.05, 3.63) is 28.2 Å². The summed E-state index contributed by atoms with van der Waals surface area (Å²) in [6, 6.07) is 4.74. The van der Waals surface area contributed by atoms with Crippen molar-refractivity contribution in [2.45, 2.75) is 19.3 Å². The molecule has 1 aromatic rings. The summed E-state index contributed by atoms with van der Waals surface area (Å²) in [7, 11) is 0. The minimum Gasteiger partial charge on any atom is -0.478 e. The lowest BCUT2D eigenvalue weighted by Crippen LogP contribution is -2.30. The summed E-state index contributed by atoms with van der Waals surface area (Å²) in [5.74, 6) is -0.802. The summed E-state index contributed by atoms with van der Waals surface area (Å²) in [5, 5.41) is 15.1. The maximum absolute atomic E-state index is 12.0. The van der Waals surface area contributed by atoms with E-state index in [1.807, 2.05) is 0 Å². The van der Waals surface area contributed by atoms with Crippen LogP contribution in [-0.2, 0) is 4.79 Å². The minimum absolute atomic E-state index is 0.104. The van der Waals surface area contributed by atoms with E-state index in [-0.39, 0.29) is 11.5 Å². The zero-order valence-electron chi connectivity index (χ0n) is 11.0. The summed E-state index contributed by atoms with van der Waals surface area (Å²) in [5.41, 5.74) is 0.442. The van der Waals surface area contributed by atoms with Crippen molar-refractivity contribution in [1.29, 1.82) is 0 Å². The van der Waals surface area contributed by atoms with Crippen molar-refractivity contribution in [1.82, 2.24) is 5.32 Å². The van der Waals surface area contributed by atoms with Gasteiger partial charge in [0, 0.05) is 10.9 Å². The second-order valence-corrected chi connectivity index (χ2v) is 5.86. The zero-order chi connectivity index (χ0) is 14.5. The molecule has 0 bridgehead atoms. The van der Waals surface area contributed by atoms with E-state index in [0.29, 0.717) is 18.0 Å². The molecule has 1 aromatic carbocycles. The van der Waals surface area contributed by atoms with Crippen LogP contribution < -0.4 is 10.6 Å². The van der Waals surface area contributed by atoms with Crippen LogP contribution in [0.5, 0.6) is 0 Å². The number of carboxylic acids is 1. The van der Waals surface area contributed by atoms with Gasteiger partial charge >= 0.3 is 5.97 Å². The van der Waals surface area contributed by atoms with Gasteiger partial charge in [-0.1, -0.05) is 15.9 Å². The SMILES string of the molecule is O=C(CC1CCNCC1)Nc1cc(Br)ccc1C(=O)O. The number of hydrogen-bond donors (Lipinski definition) is 3. The Morgan fingerprint density at radius 1 is 1.35 bits per heavy atom. The van der Waals surface area contributed by atoms with E-state index in [2.05, 4.69) is 26.6 Å². The van der Waals surface area contributed by atoms with E-state index in [1.165, 1.54) is 6.07 Å². The quantitative estimate of drug-likeness (QED) is 0.786. The lowest BCUT2D eigenvalue weighted by Gasteiger charge is -2.22. The second-order valence-electron chi connectivity index (χ2n) is 4.94. The highest BCUT2D eigenvalue weighted by atomic mass is 79.9. The van der Waals surface area contributed by atoms with Crippen LogP contribution in [0.25, 0.3) is 0 Å². The first kappa shape index (κ1) is 15.0. The molecule has 0 spiro atoms. The van der Waals surface area contributed by atoms with Crippen molar-refractivity contribution < 1.29 is 14.7 Å². The molecule has 0 saturated carbocycles. The number of benzene rings is 1. The molecule has 1 saturated heterocycles. The molecule has 20 heavy (non-hydrogen) atoms. The molecule has 0 aromatic heterocycles. The first-order chi connectivity index (χ1) is 9.56. The smallest absolute Gasteiger partial charge is 0.337 e. The number of carbonyl (C=O) groups excluding carboxylic acids is 1. The fourth-order valence-corrected chi connectivity index (χ4v) is 2.72. The molecule has 1 amide bonds. The molecule has 0 aliphatic carbocycles. The largest absolute Gasteiger partial charge is 0.478 e. The van der Waals surface area contributed by atoms with E-state index >= 15 is 0 Å². The highest BCUT2D eigenvalue weighted by Crippen LogP contribution is 2.23. The van der Waals surface area contributed by atoms with E-state index in [1.54, 1.807) is 12.1 Å². The highest BCUT2D eigenvalue weighted by Gasteiger charge is 2.18. The first-order valence-electron chi connectivity index (χ1n) is 6.59. The molecule has 5 nitrogen and oxygen atoms in total. The molecule has 0 atom stereocenters. The summed E-state index contributed by atoms with van der Waals surface area (Å²) in [4.78, 5) is 23.2. The van der Waals surface area contributed by atoms with Gasteiger partial charge in [0.1, 0.15) is 0 Å². The number of carboxylic acid groups (broad SMARTS) is 1. The van der Waals surface area contributed by atoms with Crippen LogP contribution in [0.3, 0.4) is 0 Å². The van der Waals surface area contributed by atoms with E-state index < -0.39 is 5.97 Å². The van der Waals surface area contributed by atoms with Crippen LogP contribution >= 0.6 is 15.9 Å². The van der Waals surface area contributed by atoms with Crippen LogP contribution in [-0.4, -0.2) is 30.1 Å². The predicted octanol–water partition coefficient (Wildman–Crippen LogP) is 2.48. The van der Waals surface area contributed by atoms with Crippen LogP contribution in [0.15, 0.2) is 22.7 Å². The number of aromatic carboxylic acids is 1. The summed E-state index contributed by atoms with van der Waals surface area (Å²) >= 11 is 3.28. The molecule has 1 aliphatic rings. The molecular weight excluding hydrogens is 324 g/mol. The van der Waals surface area contributed by atoms with Crippen LogP contribution in [0, 0.1) is 5.92 Å². The molecular formula is C14H17BrN2O3. The number of carbonyl (C=O) groups is 2. The molecule has 6 heteroatoms. The van der Waals surface area contributed by atoms with Crippen molar-refractivity contribution in [2.24, 2.45) is 5.92 Å². The molecule has 108 valence electrons. The number of nitrogens with one attached hydrogen (secondary N) is 2. The van der Waals surface area contributed by atoms with E-state index in [9.17, 15) is 9.59 Å². The maximum atomic E-state index is 12.0. The third kappa shape index (κ3) is 4.05. The zero-order valence-corrected chi connectivity index (χ0v) is 12.6. The summed E-state index contributed by atoms with van der Waals surface area (Å²) in [6.45, 7) is 1.88. The van der Waals surface area contributed by atoms with Gasteiger partial charge < -0.3 is 15.7 Å². The van der Waals surface area contributed by atoms with E-state index in [0.717, 1.165) is 30.4 Å². The van der Waals surface area contributed by atoms with Gasteiger partial charge in [-0.05, 0) is 50.0 Å². The lowest BCUT2D eigenvalue weighted by atomic mass is 9.94. The Bertz CT molecular complexity index is 513. The van der Waals surface area contributed by atoms with Gasteiger partial charge in [0.05, 0.1) is 11.3 Å². The Kier molecular flexibility index (Phi) is 5.14. The number of rotatable bonds is 4. The fourth-order valence-electron chi connectivity index (χ4n) is 2.36. The molecule has 0 unspecified atom stereocenters. The lowest BCUT2D eigenvalue weighted by molar-refractivity contribution is -0.117. The van der Waals surface area contributed by atoms with Gasteiger partial charge in [-0.25, -0.2) is 4.79 Å². The van der Waals surface area contributed by atoms with E-state index in [4.69, 9.17) is 5.11 Å². The topological polar surface area (TPSA) is 78.4 Å².